The van der Waals surface area contributed by atoms with Crippen LogP contribution >= 0.6 is 0 Å². The maximum Gasteiger partial charge on any atom is 0.238 e. The van der Waals surface area contributed by atoms with Gasteiger partial charge in [-0.1, -0.05) is 87.4 Å². The van der Waals surface area contributed by atoms with E-state index in [9.17, 15) is 9.59 Å². The Morgan fingerprint density at radius 3 is 1.46 bits per heavy atom. The molecule has 0 aliphatic rings. The molecule has 0 bridgehead atoms. The molecule has 2 aromatic carbocycles. The molecule has 28 heavy (non-hydrogen) atoms. The molecule has 2 rings (SSSR count). The first-order valence-corrected chi connectivity index (χ1v) is 9.75. The molecule has 0 aliphatic carbocycles. The quantitative estimate of drug-likeness (QED) is 0.368. The first kappa shape index (κ1) is 23.2. The number of benzene rings is 2. The highest BCUT2D eigenvalue weighted by molar-refractivity contribution is 5.49. The zero-order chi connectivity index (χ0) is 20.5. The Kier molecular flexibility index (Phi) is 11.8. The summed E-state index contributed by atoms with van der Waals surface area (Å²) in [5, 5.41) is 3.39. The topological polar surface area (TPSA) is 70.9 Å². The molecule has 0 aromatic heterocycles. The standard InChI is InChI=1S/C15H10N2O2.C8H19N/c18-11-16-15(17-12-19,13-7-3-1-4-8-13)14-9-5-2-6-10-14;1-3-5-7-9-8-6-4-2/h1-10H;9H,3-8H2,1-2H3. The van der Waals surface area contributed by atoms with Crippen LogP contribution in [0.3, 0.4) is 0 Å². The van der Waals surface area contributed by atoms with E-state index in [0.29, 0.717) is 11.1 Å². The van der Waals surface area contributed by atoms with Gasteiger partial charge in [-0.2, -0.15) is 9.98 Å². The van der Waals surface area contributed by atoms with Crippen molar-refractivity contribution in [1.82, 2.24) is 5.32 Å². The highest BCUT2D eigenvalue weighted by Crippen LogP contribution is 2.34. The maximum atomic E-state index is 10.8. The summed E-state index contributed by atoms with van der Waals surface area (Å²) >= 11 is 0. The summed E-state index contributed by atoms with van der Waals surface area (Å²) in [5.74, 6) is 0. The monoisotopic (exact) mass is 379 g/mol. The van der Waals surface area contributed by atoms with E-state index in [4.69, 9.17) is 0 Å². The van der Waals surface area contributed by atoms with Crippen molar-refractivity contribution in [1.29, 1.82) is 0 Å². The predicted octanol–water partition coefficient (Wildman–Crippen LogP) is 4.74. The third-order valence-electron chi connectivity index (χ3n) is 4.18. The van der Waals surface area contributed by atoms with Gasteiger partial charge in [0.15, 0.2) is 0 Å². The van der Waals surface area contributed by atoms with Crippen molar-refractivity contribution < 1.29 is 9.59 Å². The Labute approximate surface area is 167 Å². The Hall–Kier alpha value is -2.84. The average molecular weight is 380 g/mol. The van der Waals surface area contributed by atoms with Crippen LogP contribution in [0.1, 0.15) is 50.7 Å². The van der Waals surface area contributed by atoms with E-state index in [1.165, 1.54) is 50.9 Å². The first-order chi connectivity index (χ1) is 13.7. The molecule has 0 spiro atoms. The van der Waals surface area contributed by atoms with Crippen molar-refractivity contribution >= 4 is 12.2 Å². The van der Waals surface area contributed by atoms with Gasteiger partial charge in [-0.05, 0) is 25.9 Å². The zero-order valence-corrected chi connectivity index (χ0v) is 16.7. The fraction of sp³-hybridized carbons (Fsp3) is 0.391. The normalized spacial score (nSPS) is 10.1. The minimum absolute atomic E-state index is 0.605. The SMILES string of the molecule is CCCCNCCCC.O=C=NC(N=C=O)(c1ccccc1)c1ccccc1. The molecule has 0 amide bonds. The summed E-state index contributed by atoms with van der Waals surface area (Å²) in [5.41, 5.74) is -0.202. The lowest BCUT2D eigenvalue weighted by molar-refractivity contribution is 0.516. The van der Waals surface area contributed by atoms with Crippen molar-refractivity contribution in [3.63, 3.8) is 0 Å². The predicted molar refractivity (Wildman–Crippen MR) is 113 cm³/mol. The van der Waals surface area contributed by atoms with Gasteiger partial charge in [0.05, 0.1) is 0 Å². The smallest absolute Gasteiger partial charge is 0.238 e. The number of rotatable bonds is 10. The molecular weight excluding hydrogens is 350 g/mol. The number of isocyanates is 2. The van der Waals surface area contributed by atoms with Crippen molar-refractivity contribution in [2.45, 2.75) is 45.2 Å². The zero-order valence-electron chi connectivity index (χ0n) is 16.7. The molecule has 1 N–H and O–H groups in total. The molecule has 0 radical (unpaired) electrons. The molecule has 0 atom stereocenters. The van der Waals surface area contributed by atoms with Crippen molar-refractivity contribution in [2.75, 3.05) is 13.1 Å². The molecule has 0 heterocycles. The van der Waals surface area contributed by atoms with E-state index in [1.54, 1.807) is 48.5 Å². The molecule has 148 valence electrons. The van der Waals surface area contributed by atoms with E-state index < -0.39 is 5.66 Å². The lowest BCUT2D eigenvalue weighted by Crippen LogP contribution is -2.22. The summed E-state index contributed by atoms with van der Waals surface area (Å²) in [6.45, 7) is 6.86. The number of nitrogens with one attached hydrogen (secondary N) is 1. The Bertz CT molecular complexity index is 684. The number of hydrogen-bond donors (Lipinski definition) is 1. The van der Waals surface area contributed by atoms with Crippen LogP contribution in [-0.4, -0.2) is 25.2 Å². The molecule has 0 unspecified atom stereocenters. The van der Waals surface area contributed by atoms with E-state index in [0.717, 1.165) is 0 Å². The fourth-order valence-corrected chi connectivity index (χ4v) is 2.65. The highest BCUT2D eigenvalue weighted by atomic mass is 16.1. The lowest BCUT2D eigenvalue weighted by Gasteiger charge is -2.22. The first-order valence-electron chi connectivity index (χ1n) is 9.75. The second-order valence-electron chi connectivity index (χ2n) is 6.27. The largest absolute Gasteiger partial charge is 0.317 e. The third kappa shape index (κ3) is 7.42. The highest BCUT2D eigenvalue weighted by Gasteiger charge is 2.33. The maximum absolute atomic E-state index is 10.8. The summed E-state index contributed by atoms with van der Waals surface area (Å²) in [4.78, 5) is 29.0. The van der Waals surface area contributed by atoms with Crippen LogP contribution < -0.4 is 5.32 Å². The van der Waals surface area contributed by atoms with Crippen LogP contribution in [0.2, 0.25) is 0 Å². The van der Waals surface area contributed by atoms with Crippen molar-refractivity contribution in [3.05, 3.63) is 71.8 Å². The van der Waals surface area contributed by atoms with E-state index in [-0.39, 0.29) is 0 Å². The van der Waals surface area contributed by atoms with Gasteiger partial charge in [0, 0.05) is 11.1 Å². The number of nitrogens with zero attached hydrogens (tertiary/aromatic N) is 2. The summed E-state index contributed by atoms with van der Waals surface area (Å²) in [6.07, 6.45) is 8.24. The molecule has 5 nitrogen and oxygen atoms in total. The Balaban J connectivity index is 0.000000370. The number of hydrogen-bond acceptors (Lipinski definition) is 5. The summed E-state index contributed by atoms with van der Waals surface area (Å²) in [7, 11) is 0. The molecule has 0 fully saturated rings. The van der Waals surface area contributed by atoms with Gasteiger partial charge in [-0.3, -0.25) is 0 Å². The average Bonchev–Trinajstić information content (AvgIpc) is 2.75. The van der Waals surface area contributed by atoms with Crippen LogP contribution in [-0.2, 0) is 15.3 Å². The third-order valence-corrected chi connectivity index (χ3v) is 4.18. The molecular formula is C23H29N3O2. The van der Waals surface area contributed by atoms with Crippen LogP contribution in [0, 0.1) is 0 Å². The van der Waals surface area contributed by atoms with E-state index in [1.807, 2.05) is 12.1 Å². The fourth-order valence-electron chi connectivity index (χ4n) is 2.65. The van der Waals surface area contributed by atoms with E-state index >= 15 is 0 Å². The van der Waals surface area contributed by atoms with Crippen LogP contribution in [0.5, 0.6) is 0 Å². The van der Waals surface area contributed by atoms with Gasteiger partial charge in [0.2, 0.25) is 17.8 Å². The van der Waals surface area contributed by atoms with Crippen LogP contribution in [0.25, 0.3) is 0 Å². The minimum Gasteiger partial charge on any atom is -0.317 e. The molecule has 0 saturated heterocycles. The van der Waals surface area contributed by atoms with Crippen molar-refractivity contribution in [2.24, 2.45) is 9.98 Å². The number of carbonyl (C=O) groups excluding carboxylic acids is 2. The lowest BCUT2D eigenvalue weighted by atomic mass is 9.92. The molecule has 5 heteroatoms. The molecule has 0 aliphatic heterocycles. The van der Waals surface area contributed by atoms with Gasteiger partial charge in [0.1, 0.15) is 0 Å². The van der Waals surface area contributed by atoms with Gasteiger partial charge >= 0.3 is 0 Å². The summed E-state index contributed by atoms with van der Waals surface area (Å²) in [6, 6.07) is 17.8. The van der Waals surface area contributed by atoms with Gasteiger partial charge < -0.3 is 5.32 Å². The van der Waals surface area contributed by atoms with E-state index in [2.05, 4.69) is 29.1 Å². The molecule has 2 aromatic rings. The van der Waals surface area contributed by atoms with Gasteiger partial charge in [-0.15, -0.1) is 0 Å². The minimum atomic E-state index is -1.41. The second kappa shape index (κ2) is 14.2. The number of aliphatic imine (C=N–C) groups is 2. The van der Waals surface area contributed by atoms with Crippen LogP contribution in [0.15, 0.2) is 70.6 Å². The molecule has 0 saturated carbocycles. The van der Waals surface area contributed by atoms with Gasteiger partial charge in [-0.25, -0.2) is 9.59 Å². The van der Waals surface area contributed by atoms with Gasteiger partial charge in [0.25, 0.3) is 0 Å². The number of unbranched alkanes of at least 4 members (excludes halogenated alkanes) is 2. The Morgan fingerprint density at radius 1 is 0.750 bits per heavy atom. The Morgan fingerprint density at radius 2 is 1.14 bits per heavy atom. The second-order valence-corrected chi connectivity index (χ2v) is 6.27. The summed E-state index contributed by atoms with van der Waals surface area (Å²) < 4.78 is 0. The van der Waals surface area contributed by atoms with Crippen LogP contribution in [0.4, 0.5) is 0 Å². The van der Waals surface area contributed by atoms with Crippen molar-refractivity contribution in [3.8, 4) is 0 Å².